The predicted octanol–water partition coefficient (Wildman–Crippen LogP) is 4.23. The second kappa shape index (κ2) is 4.97. The zero-order valence-corrected chi connectivity index (χ0v) is 12.6. The lowest BCUT2D eigenvalue weighted by Gasteiger charge is -2.14. The highest BCUT2D eigenvalue weighted by atomic mass is 35.5. The molecule has 1 aromatic heterocycles. The van der Waals surface area contributed by atoms with Crippen LogP contribution in [0.4, 0.5) is 5.69 Å². The summed E-state index contributed by atoms with van der Waals surface area (Å²) in [6.07, 6.45) is 0. The van der Waals surface area contributed by atoms with Gasteiger partial charge in [-0.05, 0) is 38.1 Å². The van der Waals surface area contributed by atoms with Gasteiger partial charge in [-0.15, -0.1) is 0 Å². The Bertz CT molecular complexity index is 824. The first-order valence-corrected chi connectivity index (χ1v) is 7.12. The molecule has 5 heteroatoms. The molecule has 2 aromatic carbocycles. The smallest absolute Gasteiger partial charge is 0.145 e. The molecule has 0 saturated carbocycles. The summed E-state index contributed by atoms with van der Waals surface area (Å²) >= 11 is 6.33. The Morgan fingerprint density at radius 3 is 2.67 bits per heavy atom. The second-order valence-electron chi connectivity index (χ2n) is 5.28. The van der Waals surface area contributed by atoms with Crippen molar-refractivity contribution in [2.45, 2.75) is 19.9 Å². The van der Waals surface area contributed by atoms with E-state index >= 15 is 0 Å². The van der Waals surface area contributed by atoms with Crippen molar-refractivity contribution in [2.75, 3.05) is 5.73 Å². The van der Waals surface area contributed by atoms with Crippen LogP contribution in [0.5, 0.6) is 5.75 Å². The largest absolute Gasteiger partial charge is 0.507 e. The van der Waals surface area contributed by atoms with Gasteiger partial charge in [0, 0.05) is 17.8 Å². The molecule has 3 rings (SSSR count). The first kappa shape index (κ1) is 13.8. The average Bonchev–Trinajstić information content (AvgIpc) is 2.79. The standard InChI is InChI=1S/C16H16ClN3O/c1-9(2)20-15-12(17)4-3-5-13(15)19-16(20)11-7-6-10(18)8-14(11)21/h3-9,21H,18H2,1-2H3. The van der Waals surface area contributed by atoms with Gasteiger partial charge in [0.05, 0.1) is 21.6 Å². The molecule has 0 atom stereocenters. The second-order valence-corrected chi connectivity index (χ2v) is 5.69. The highest BCUT2D eigenvalue weighted by Crippen LogP contribution is 2.36. The van der Waals surface area contributed by atoms with Crippen molar-refractivity contribution in [3.63, 3.8) is 0 Å². The van der Waals surface area contributed by atoms with E-state index < -0.39 is 0 Å². The highest BCUT2D eigenvalue weighted by Gasteiger charge is 2.19. The summed E-state index contributed by atoms with van der Waals surface area (Å²) in [5, 5.41) is 10.8. The number of nitrogen functional groups attached to an aromatic ring is 1. The molecule has 0 radical (unpaired) electrons. The zero-order valence-electron chi connectivity index (χ0n) is 11.8. The lowest BCUT2D eigenvalue weighted by atomic mass is 10.1. The number of imidazole rings is 1. The topological polar surface area (TPSA) is 64.1 Å². The molecule has 0 aliphatic heterocycles. The van der Waals surface area contributed by atoms with Gasteiger partial charge in [0.25, 0.3) is 0 Å². The molecule has 0 bridgehead atoms. The van der Waals surface area contributed by atoms with Gasteiger partial charge in [0.15, 0.2) is 0 Å². The molecule has 3 aromatic rings. The SMILES string of the molecule is CC(C)n1c(-c2ccc(N)cc2O)nc2cccc(Cl)c21. The molecule has 0 fully saturated rings. The van der Waals surface area contributed by atoms with E-state index in [1.165, 1.54) is 6.07 Å². The van der Waals surface area contributed by atoms with E-state index in [0.717, 1.165) is 11.0 Å². The van der Waals surface area contributed by atoms with Gasteiger partial charge in [-0.2, -0.15) is 0 Å². The van der Waals surface area contributed by atoms with Crippen LogP contribution in [0.2, 0.25) is 5.02 Å². The number of hydrogen-bond acceptors (Lipinski definition) is 3. The summed E-state index contributed by atoms with van der Waals surface area (Å²) in [6, 6.07) is 10.8. The number of aromatic nitrogens is 2. The molecule has 108 valence electrons. The minimum atomic E-state index is 0.114. The first-order chi connectivity index (χ1) is 9.99. The van der Waals surface area contributed by atoms with Gasteiger partial charge in [0.1, 0.15) is 11.6 Å². The molecule has 0 saturated heterocycles. The fourth-order valence-electron chi connectivity index (χ4n) is 2.54. The third-order valence-electron chi connectivity index (χ3n) is 3.44. The normalized spacial score (nSPS) is 11.4. The van der Waals surface area contributed by atoms with Crippen molar-refractivity contribution in [3.8, 4) is 17.1 Å². The number of aromatic hydroxyl groups is 1. The fourth-order valence-corrected chi connectivity index (χ4v) is 2.80. The minimum absolute atomic E-state index is 0.114. The summed E-state index contributed by atoms with van der Waals surface area (Å²) in [4.78, 5) is 4.63. The van der Waals surface area contributed by atoms with E-state index in [0.29, 0.717) is 22.1 Å². The van der Waals surface area contributed by atoms with Crippen LogP contribution in [0, 0.1) is 0 Å². The third-order valence-corrected chi connectivity index (χ3v) is 3.75. The molecule has 0 amide bonds. The number of anilines is 1. The molecule has 0 spiro atoms. The lowest BCUT2D eigenvalue weighted by molar-refractivity contribution is 0.476. The number of rotatable bonds is 2. The number of nitrogens with zero attached hydrogens (tertiary/aromatic N) is 2. The Kier molecular flexibility index (Phi) is 3.26. The van der Waals surface area contributed by atoms with Crippen LogP contribution >= 0.6 is 11.6 Å². The average molecular weight is 302 g/mol. The van der Waals surface area contributed by atoms with Crippen LogP contribution in [0.15, 0.2) is 36.4 Å². The zero-order chi connectivity index (χ0) is 15.1. The van der Waals surface area contributed by atoms with Crippen molar-refractivity contribution >= 4 is 28.3 Å². The van der Waals surface area contributed by atoms with Gasteiger partial charge < -0.3 is 15.4 Å². The van der Waals surface area contributed by atoms with Crippen molar-refractivity contribution in [1.29, 1.82) is 0 Å². The molecule has 0 aliphatic carbocycles. The fraction of sp³-hybridized carbons (Fsp3) is 0.188. The van der Waals surface area contributed by atoms with E-state index in [1.807, 2.05) is 22.8 Å². The number of phenolic OH excluding ortho intramolecular Hbond substituents is 1. The van der Waals surface area contributed by atoms with Gasteiger partial charge in [-0.25, -0.2) is 4.98 Å². The Balaban J connectivity index is 2.37. The lowest BCUT2D eigenvalue weighted by Crippen LogP contribution is -2.03. The molecule has 4 nitrogen and oxygen atoms in total. The van der Waals surface area contributed by atoms with Gasteiger partial charge in [-0.3, -0.25) is 0 Å². The van der Waals surface area contributed by atoms with Gasteiger partial charge in [0.2, 0.25) is 0 Å². The molecule has 21 heavy (non-hydrogen) atoms. The minimum Gasteiger partial charge on any atom is -0.507 e. The summed E-state index contributed by atoms with van der Waals surface area (Å²) in [7, 11) is 0. The van der Waals surface area contributed by atoms with Crippen LogP contribution in [0.25, 0.3) is 22.4 Å². The number of hydrogen-bond donors (Lipinski definition) is 2. The maximum atomic E-state index is 10.2. The van der Waals surface area contributed by atoms with Crippen LogP contribution in [0.3, 0.4) is 0 Å². The molecule has 0 aliphatic rings. The first-order valence-electron chi connectivity index (χ1n) is 6.74. The van der Waals surface area contributed by atoms with Gasteiger partial charge in [-0.1, -0.05) is 17.7 Å². The number of halogens is 1. The van der Waals surface area contributed by atoms with Crippen molar-refractivity contribution in [3.05, 3.63) is 41.4 Å². The van der Waals surface area contributed by atoms with E-state index in [4.69, 9.17) is 17.3 Å². The number of nitrogens with two attached hydrogens (primary N) is 1. The third kappa shape index (κ3) is 2.21. The maximum Gasteiger partial charge on any atom is 0.145 e. The van der Waals surface area contributed by atoms with E-state index in [2.05, 4.69) is 18.8 Å². The van der Waals surface area contributed by atoms with Gasteiger partial charge >= 0.3 is 0 Å². The summed E-state index contributed by atoms with van der Waals surface area (Å²) in [6.45, 7) is 4.12. The van der Waals surface area contributed by atoms with Crippen LogP contribution < -0.4 is 5.73 Å². The van der Waals surface area contributed by atoms with E-state index in [-0.39, 0.29) is 11.8 Å². The van der Waals surface area contributed by atoms with E-state index in [1.54, 1.807) is 12.1 Å². The Morgan fingerprint density at radius 1 is 1.24 bits per heavy atom. The summed E-state index contributed by atoms with van der Waals surface area (Å²) in [5.74, 6) is 0.800. The summed E-state index contributed by atoms with van der Waals surface area (Å²) < 4.78 is 2.03. The maximum absolute atomic E-state index is 10.2. The predicted molar refractivity (Wildman–Crippen MR) is 86.6 cm³/mol. The molecular weight excluding hydrogens is 286 g/mol. The van der Waals surface area contributed by atoms with Crippen LogP contribution in [-0.2, 0) is 0 Å². The van der Waals surface area contributed by atoms with E-state index in [9.17, 15) is 5.11 Å². The number of para-hydroxylation sites is 1. The van der Waals surface area contributed by atoms with Crippen molar-refractivity contribution < 1.29 is 5.11 Å². The van der Waals surface area contributed by atoms with Crippen molar-refractivity contribution in [1.82, 2.24) is 9.55 Å². The van der Waals surface area contributed by atoms with Crippen molar-refractivity contribution in [2.24, 2.45) is 0 Å². The molecular formula is C16H16ClN3O. The quantitative estimate of drug-likeness (QED) is 0.696. The molecule has 0 unspecified atom stereocenters. The summed E-state index contributed by atoms with van der Waals surface area (Å²) in [5.41, 5.74) is 8.54. The van der Waals surface area contributed by atoms with Crippen LogP contribution in [0.1, 0.15) is 19.9 Å². The Morgan fingerprint density at radius 2 is 2.00 bits per heavy atom. The Hall–Kier alpha value is -2.20. The Labute approximate surface area is 127 Å². The number of fused-ring (bicyclic) bond motifs is 1. The monoisotopic (exact) mass is 301 g/mol. The van der Waals surface area contributed by atoms with Crippen LogP contribution in [-0.4, -0.2) is 14.7 Å². The number of phenols is 1. The molecule has 1 heterocycles. The molecule has 3 N–H and O–H groups in total. The number of benzene rings is 2. The highest BCUT2D eigenvalue weighted by molar-refractivity contribution is 6.35.